The van der Waals surface area contributed by atoms with Gasteiger partial charge >= 0.3 is 5.97 Å². The van der Waals surface area contributed by atoms with Gasteiger partial charge in [-0.25, -0.2) is 0 Å². The van der Waals surface area contributed by atoms with Crippen molar-refractivity contribution in [2.45, 2.75) is 44.8 Å². The largest absolute Gasteiger partial charge is 0.481 e. The normalized spacial score (nSPS) is 9.82. The van der Waals surface area contributed by atoms with Gasteiger partial charge in [0.25, 0.3) is 0 Å². The number of rotatable bonds is 7. The molecule has 0 bridgehead atoms. The zero-order valence-electron chi connectivity index (χ0n) is 6.88. The smallest absolute Gasteiger partial charge is 0.303 e. The minimum Gasteiger partial charge on any atom is -0.481 e. The van der Waals surface area contributed by atoms with Crippen LogP contribution in [0.5, 0.6) is 0 Å². The van der Waals surface area contributed by atoms with Gasteiger partial charge in [-0.1, -0.05) is 32.0 Å². The highest BCUT2D eigenvalue weighted by atomic mass is 16.4. The Morgan fingerprint density at radius 3 is 2.18 bits per heavy atom. The van der Waals surface area contributed by atoms with Crippen LogP contribution in [0.2, 0.25) is 6.32 Å². The molecule has 0 rings (SSSR count). The molecule has 11 heavy (non-hydrogen) atoms. The summed E-state index contributed by atoms with van der Waals surface area (Å²) < 4.78 is 0. The molecule has 0 aromatic heterocycles. The van der Waals surface area contributed by atoms with Crippen molar-refractivity contribution >= 4 is 13.8 Å². The van der Waals surface area contributed by atoms with Crippen molar-refractivity contribution in [3.8, 4) is 0 Å². The first-order valence-electron chi connectivity index (χ1n) is 4.19. The summed E-state index contributed by atoms with van der Waals surface area (Å²) in [6.45, 7) is 0. The van der Waals surface area contributed by atoms with Gasteiger partial charge in [-0.05, 0) is 6.42 Å². The molecule has 0 atom stereocenters. The lowest BCUT2D eigenvalue weighted by atomic mass is 9.98. The molecule has 0 aliphatic carbocycles. The minimum atomic E-state index is -0.691. The molecular weight excluding hydrogens is 139 g/mol. The molecule has 3 heteroatoms. The molecule has 0 fully saturated rings. The molecule has 1 N–H and O–H groups in total. The van der Waals surface area contributed by atoms with E-state index in [0.717, 1.165) is 38.4 Å². The van der Waals surface area contributed by atoms with E-state index in [4.69, 9.17) is 13.0 Å². The molecular formula is C8H15BO2. The molecule has 0 saturated carbocycles. The van der Waals surface area contributed by atoms with Gasteiger partial charge in [-0.15, -0.1) is 0 Å². The number of hydrogen-bond donors (Lipinski definition) is 1. The zero-order chi connectivity index (χ0) is 8.53. The summed E-state index contributed by atoms with van der Waals surface area (Å²) in [6.07, 6.45) is 6.20. The predicted molar refractivity (Wildman–Crippen MR) is 45.9 cm³/mol. The Balaban J connectivity index is 2.85. The van der Waals surface area contributed by atoms with Crippen LogP contribution in [0.1, 0.15) is 38.5 Å². The third-order valence-corrected chi connectivity index (χ3v) is 1.59. The van der Waals surface area contributed by atoms with E-state index >= 15 is 0 Å². The van der Waals surface area contributed by atoms with Crippen LogP contribution in [0.15, 0.2) is 0 Å². The van der Waals surface area contributed by atoms with Crippen LogP contribution < -0.4 is 0 Å². The van der Waals surface area contributed by atoms with Crippen molar-refractivity contribution in [1.29, 1.82) is 0 Å². The van der Waals surface area contributed by atoms with E-state index < -0.39 is 5.97 Å². The van der Waals surface area contributed by atoms with Crippen LogP contribution in [-0.2, 0) is 4.79 Å². The highest BCUT2D eigenvalue weighted by Crippen LogP contribution is 2.05. The number of carbonyl (C=O) groups is 1. The summed E-state index contributed by atoms with van der Waals surface area (Å²) in [6, 6.07) is 0. The van der Waals surface area contributed by atoms with E-state index in [1.165, 1.54) is 0 Å². The number of unbranched alkanes of at least 4 members (excludes halogenated alkanes) is 4. The summed E-state index contributed by atoms with van der Waals surface area (Å²) in [4.78, 5) is 10.1. The highest BCUT2D eigenvalue weighted by molar-refractivity contribution is 6.08. The van der Waals surface area contributed by atoms with Gasteiger partial charge in [0.1, 0.15) is 0 Å². The van der Waals surface area contributed by atoms with Crippen molar-refractivity contribution in [2.24, 2.45) is 0 Å². The molecule has 2 radical (unpaired) electrons. The average Bonchev–Trinajstić information content (AvgIpc) is 1.96. The van der Waals surface area contributed by atoms with Crippen LogP contribution >= 0.6 is 0 Å². The lowest BCUT2D eigenvalue weighted by molar-refractivity contribution is -0.137. The predicted octanol–water partition coefficient (Wildman–Crippen LogP) is 2.00. The lowest BCUT2D eigenvalue weighted by Gasteiger charge is -1.97. The van der Waals surface area contributed by atoms with Crippen LogP contribution in [0.25, 0.3) is 0 Å². The Morgan fingerprint density at radius 2 is 1.64 bits per heavy atom. The molecule has 62 valence electrons. The van der Waals surface area contributed by atoms with Gasteiger partial charge in [0.15, 0.2) is 0 Å². The number of hydrogen-bond acceptors (Lipinski definition) is 1. The monoisotopic (exact) mass is 154 g/mol. The van der Waals surface area contributed by atoms with E-state index in [1.807, 2.05) is 0 Å². The maximum absolute atomic E-state index is 10.1. The fourth-order valence-corrected chi connectivity index (χ4v) is 0.951. The Labute approximate surface area is 69.4 Å². The van der Waals surface area contributed by atoms with E-state index in [9.17, 15) is 4.79 Å². The van der Waals surface area contributed by atoms with Crippen LogP contribution in [-0.4, -0.2) is 18.9 Å². The van der Waals surface area contributed by atoms with Crippen molar-refractivity contribution < 1.29 is 9.90 Å². The van der Waals surface area contributed by atoms with Crippen molar-refractivity contribution in [3.63, 3.8) is 0 Å². The van der Waals surface area contributed by atoms with E-state index in [-0.39, 0.29) is 0 Å². The molecule has 0 aromatic carbocycles. The second kappa shape index (κ2) is 7.64. The standard InChI is InChI=1S/C8H15BO2/c9-7-5-3-1-2-4-6-8(10)11/h1-7H2,(H,10,11). The Hall–Kier alpha value is -0.465. The van der Waals surface area contributed by atoms with Gasteiger partial charge in [0.2, 0.25) is 0 Å². The molecule has 0 amide bonds. The first-order chi connectivity index (χ1) is 5.27. The van der Waals surface area contributed by atoms with Crippen molar-refractivity contribution in [3.05, 3.63) is 0 Å². The first kappa shape index (κ1) is 10.5. The molecule has 0 aliphatic heterocycles. The van der Waals surface area contributed by atoms with Gasteiger partial charge in [0.05, 0.1) is 7.85 Å². The number of carboxylic acid groups (broad SMARTS) is 1. The fraction of sp³-hybridized carbons (Fsp3) is 0.875. The molecule has 0 heterocycles. The minimum absolute atomic E-state index is 0.308. The number of carboxylic acids is 1. The van der Waals surface area contributed by atoms with Crippen LogP contribution in [0, 0.1) is 0 Å². The molecule has 0 aromatic rings. The topological polar surface area (TPSA) is 37.3 Å². The third-order valence-electron chi connectivity index (χ3n) is 1.59. The van der Waals surface area contributed by atoms with E-state index in [1.54, 1.807) is 0 Å². The number of aliphatic carboxylic acids is 1. The quantitative estimate of drug-likeness (QED) is 0.449. The van der Waals surface area contributed by atoms with Crippen molar-refractivity contribution in [1.82, 2.24) is 0 Å². The van der Waals surface area contributed by atoms with Gasteiger partial charge < -0.3 is 5.11 Å². The maximum Gasteiger partial charge on any atom is 0.303 e. The Bertz CT molecular complexity index is 104. The molecule has 0 spiro atoms. The van der Waals surface area contributed by atoms with Gasteiger partial charge in [-0.2, -0.15) is 0 Å². The molecule has 0 saturated heterocycles. The SMILES string of the molecule is [B]CCCCCCCC(=O)O. The lowest BCUT2D eigenvalue weighted by Crippen LogP contribution is -1.93. The summed E-state index contributed by atoms with van der Waals surface area (Å²) in [5.74, 6) is -0.691. The molecule has 0 unspecified atom stereocenters. The van der Waals surface area contributed by atoms with Crippen LogP contribution in [0.4, 0.5) is 0 Å². The fourth-order valence-electron chi connectivity index (χ4n) is 0.951. The second-order valence-corrected chi connectivity index (χ2v) is 2.70. The first-order valence-corrected chi connectivity index (χ1v) is 4.19. The molecule has 0 aliphatic rings. The summed E-state index contributed by atoms with van der Waals surface area (Å²) in [5, 5.41) is 8.30. The van der Waals surface area contributed by atoms with Crippen LogP contribution in [0.3, 0.4) is 0 Å². The van der Waals surface area contributed by atoms with Gasteiger partial charge in [0, 0.05) is 6.42 Å². The summed E-state index contributed by atoms with van der Waals surface area (Å²) in [7, 11) is 5.30. The third kappa shape index (κ3) is 9.53. The van der Waals surface area contributed by atoms with E-state index in [2.05, 4.69) is 0 Å². The summed E-state index contributed by atoms with van der Waals surface area (Å²) in [5.41, 5.74) is 0. The maximum atomic E-state index is 10.1. The van der Waals surface area contributed by atoms with Gasteiger partial charge in [-0.3, -0.25) is 4.79 Å². The average molecular weight is 154 g/mol. The Kier molecular flexibility index (Phi) is 7.32. The molecule has 2 nitrogen and oxygen atoms in total. The summed E-state index contributed by atoms with van der Waals surface area (Å²) >= 11 is 0. The zero-order valence-corrected chi connectivity index (χ0v) is 6.88. The van der Waals surface area contributed by atoms with Crippen molar-refractivity contribution in [2.75, 3.05) is 0 Å². The second-order valence-electron chi connectivity index (χ2n) is 2.70. The Morgan fingerprint density at radius 1 is 1.09 bits per heavy atom. The van der Waals surface area contributed by atoms with E-state index in [0.29, 0.717) is 6.42 Å². The highest BCUT2D eigenvalue weighted by Gasteiger charge is 1.95.